The van der Waals surface area contributed by atoms with Crippen molar-refractivity contribution < 1.29 is 13.9 Å². The van der Waals surface area contributed by atoms with Crippen LogP contribution in [-0.2, 0) is 9.53 Å². The minimum absolute atomic E-state index is 0.245. The fourth-order valence-electron chi connectivity index (χ4n) is 2.26. The zero-order valence-electron chi connectivity index (χ0n) is 9.78. The molecule has 2 rings (SSSR count). The molecule has 1 N–H and O–H groups in total. The van der Waals surface area contributed by atoms with Crippen LogP contribution in [0.1, 0.15) is 24.9 Å². The molecule has 1 heterocycles. The van der Waals surface area contributed by atoms with Crippen LogP contribution in [0.5, 0.6) is 0 Å². The van der Waals surface area contributed by atoms with Crippen molar-refractivity contribution in [2.45, 2.75) is 19.4 Å². The zero-order valence-corrected chi connectivity index (χ0v) is 9.78. The van der Waals surface area contributed by atoms with Gasteiger partial charge in [0.1, 0.15) is 5.82 Å². The van der Waals surface area contributed by atoms with Crippen LogP contribution in [0.2, 0.25) is 0 Å². The van der Waals surface area contributed by atoms with Crippen LogP contribution in [-0.4, -0.2) is 19.1 Å². The van der Waals surface area contributed by atoms with Gasteiger partial charge in [-0.3, -0.25) is 4.79 Å². The molecule has 2 atom stereocenters. The summed E-state index contributed by atoms with van der Waals surface area (Å²) < 4.78 is 18.7. The van der Waals surface area contributed by atoms with Crippen LogP contribution < -0.4 is 5.32 Å². The normalized spacial score (nSPS) is 23.6. The number of carbonyl (C=O) groups is 1. The first-order valence-corrected chi connectivity index (χ1v) is 5.88. The predicted octanol–water partition coefficient (Wildman–Crippen LogP) is 2.04. The largest absolute Gasteiger partial charge is 0.466 e. The minimum Gasteiger partial charge on any atom is -0.466 e. The van der Waals surface area contributed by atoms with Crippen LogP contribution in [0, 0.1) is 11.7 Å². The van der Waals surface area contributed by atoms with Gasteiger partial charge in [0.15, 0.2) is 0 Å². The molecule has 0 saturated carbocycles. The molecular formula is C13H16FNO2. The van der Waals surface area contributed by atoms with Gasteiger partial charge in [0.05, 0.1) is 12.5 Å². The molecule has 0 aromatic heterocycles. The number of halogens is 1. The van der Waals surface area contributed by atoms with Crippen molar-refractivity contribution in [3.8, 4) is 0 Å². The molecule has 0 amide bonds. The molecule has 0 spiro atoms. The monoisotopic (exact) mass is 237 g/mol. The number of esters is 1. The summed E-state index contributed by atoms with van der Waals surface area (Å²) in [6.07, 6.45) is 0.692. The van der Waals surface area contributed by atoms with Gasteiger partial charge in [0, 0.05) is 11.6 Å². The molecule has 92 valence electrons. The van der Waals surface area contributed by atoms with Gasteiger partial charge < -0.3 is 10.1 Å². The van der Waals surface area contributed by atoms with Crippen LogP contribution in [0.4, 0.5) is 4.39 Å². The number of rotatable bonds is 3. The highest BCUT2D eigenvalue weighted by Gasteiger charge is 2.35. The molecule has 3 nitrogen and oxygen atoms in total. The van der Waals surface area contributed by atoms with Gasteiger partial charge in [-0.1, -0.05) is 18.2 Å². The van der Waals surface area contributed by atoms with Crippen molar-refractivity contribution >= 4 is 5.97 Å². The Bertz CT molecular complexity index is 408. The minimum atomic E-state index is -0.285. The Hall–Kier alpha value is -1.42. The summed E-state index contributed by atoms with van der Waals surface area (Å²) in [6.45, 7) is 2.85. The average Bonchev–Trinajstić information content (AvgIpc) is 2.79. The molecule has 0 radical (unpaired) electrons. The molecule has 0 unspecified atom stereocenters. The molecule has 1 aliphatic rings. The fraction of sp³-hybridized carbons (Fsp3) is 0.462. The molecule has 1 aliphatic heterocycles. The standard InChI is InChI=1S/C13H16FNO2/c1-2-17-13(16)10-7-8-15-12(10)9-5-3-4-6-11(9)14/h3-6,10,12,15H,2,7-8H2,1H3/t10-,12-/m1/s1. The van der Waals surface area contributed by atoms with Gasteiger partial charge in [-0.15, -0.1) is 0 Å². The van der Waals surface area contributed by atoms with Crippen LogP contribution in [0.25, 0.3) is 0 Å². The lowest BCUT2D eigenvalue weighted by Crippen LogP contribution is -2.26. The van der Waals surface area contributed by atoms with Crippen molar-refractivity contribution in [2.24, 2.45) is 5.92 Å². The summed E-state index contributed by atoms with van der Waals surface area (Å²) in [5.74, 6) is -0.807. The zero-order chi connectivity index (χ0) is 12.3. The Morgan fingerprint density at radius 1 is 1.53 bits per heavy atom. The predicted molar refractivity (Wildman–Crippen MR) is 61.9 cm³/mol. The van der Waals surface area contributed by atoms with Gasteiger partial charge >= 0.3 is 5.97 Å². The molecule has 17 heavy (non-hydrogen) atoms. The quantitative estimate of drug-likeness (QED) is 0.817. The van der Waals surface area contributed by atoms with E-state index >= 15 is 0 Å². The van der Waals surface area contributed by atoms with E-state index in [4.69, 9.17) is 4.74 Å². The molecule has 1 saturated heterocycles. The average molecular weight is 237 g/mol. The lowest BCUT2D eigenvalue weighted by atomic mass is 9.94. The molecular weight excluding hydrogens is 221 g/mol. The number of hydrogen-bond donors (Lipinski definition) is 1. The summed E-state index contributed by atoms with van der Waals surface area (Å²) in [4.78, 5) is 11.8. The SMILES string of the molecule is CCOC(=O)[C@@H]1CCN[C@@H]1c1ccccc1F. The van der Waals surface area contributed by atoms with E-state index < -0.39 is 0 Å². The molecule has 4 heteroatoms. The van der Waals surface area contributed by atoms with Crippen molar-refractivity contribution in [1.82, 2.24) is 5.32 Å². The second kappa shape index (κ2) is 5.27. The Morgan fingerprint density at radius 3 is 3.00 bits per heavy atom. The van der Waals surface area contributed by atoms with Crippen molar-refractivity contribution in [2.75, 3.05) is 13.2 Å². The Labute approximate surface area is 100.0 Å². The molecule has 1 aromatic carbocycles. The Morgan fingerprint density at radius 2 is 2.29 bits per heavy atom. The number of carbonyl (C=O) groups excluding carboxylic acids is 1. The summed E-state index contributed by atoms with van der Waals surface area (Å²) in [7, 11) is 0. The number of hydrogen-bond acceptors (Lipinski definition) is 3. The second-order valence-electron chi connectivity index (χ2n) is 4.10. The highest BCUT2D eigenvalue weighted by Crippen LogP contribution is 2.31. The summed E-state index contributed by atoms with van der Waals surface area (Å²) in [6, 6.07) is 6.28. The van der Waals surface area contributed by atoms with E-state index in [2.05, 4.69) is 5.32 Å². The highest BCUT2D eigenvalue weighted by molar-refractivity contribution is 5.74. The van der Waals surface area contributed by atoms with E-state index in [1.165, 1.54) is 6.07 Å². The van der Waals surface area contributed by atoms with Gasteiger partial charge in [-0.2, -0.15) is 0 Å². The first-order valence-electron chi connectivity index (χ1n) is 5.88. The topological polar surface area (TPSA) is 38.3 Å². The maximum Gasteiger partial charge on any atom is 0.310 e. The first kappa shape index (κ1) is 12.0. The van der Waals surface area contributed by atoms with Crippen LogP contribution in [0.3, 0.4) is 0 Å². The van der Waals surface area contributed by atoms with E-state index in [-0.39, 0.29) is 23.7 Å². The number of nitrogens with one attached hydrogen (secondary N) is 1. The van der Waals surface area contributed by atoms with E-state index in [1.54, 1.807) is 25.1 Å². The summed E-state index contributed by atoms with van der Waals surface area (Å²) >= 11 is 0. The van der Waals surface area contributed by atoms with E-state index in [9.17, 15) is 9.18 Å². The molecule has 0 aliphatic carbocycles. The second-order valence-corrected chi connectivity index (χ2v) is 4.10. The lowest BCUT2D eigenvalue weighted by molar-refractivity contribution is -0.148. The van der Waals surface area contributed by atoms with Crippen molar-refractivity contribution in [3.63, 3.8) is 0 Å². The number of ether oxygens (including phenoxy) is 1. The van der Waals surface area contributed by atoms with Crippen LogP contribution >= 0.6 is 0 Å². The summed E-state index contributed by atoms with van der Waals surface area (Å²) in [5.41, 5.74) is 0.544. The highest BCUT2D eigenvalue weighted by atomic mass is 19.1. The third-order valence-electron chi connectivity index (χ3n) is 3.05. The Balaban J connectivity index is 2.20. The maximum absolute atomic E-state index is 13.7. The van der Waals surface area contributed by atoms with Crippen molar-refractivity contribution in [3.05, 3.63) is 35.6 Å². The summed E-state index contributed by atoms with van der Waals surface area (Å²) in [5, 5.41) is 3.16. The van der Waals surface area contributed by atoms with E-state index in [0.717, 1.165) is 0 Å². The smallest absolute Gasteiger partial charge is 0.310 e. The fourth-order valence-corrected chi connectivity index (χ4v) is 2.26. The third-order valence-corrected chi connectivity index (χ3v) is 3.05. The molecule has 0 bridgehead atoms. The number of benzene rings is 1. The lowest BCUT2D eigenvalue weighted by Gasteiger charge is -2.18. The Kier molecular flexibility index (Phi) is 3.74. The van der Waals surface area contributed by atoms with Crippen LogP contribution in [0.15, 0.2) is 24.3 Å². The maximum atomic E-state index is 13.7. The van der Waals surface area contributed by atoms with Gasteiger partial charge in [0.25, 0.3) is 0 Å². The van der Waals surface area contributed by atoms with Gasteiger partial charge in [-0.05, 0) is 26.0 Å². The van der Waals surface area contributed by atoms with E-state index in [1.807, 2.05) is 0 Å². The first-order chi connectivity index (χ1) is 8.24. The van der Waals surface area contributed by atoms with E-state index in [0.29, 0.717) is 25.1 Å². The van der Waals surface area contributed by atoms with Gasteiger partial charge in [-0.25, -0.2) is 4.39 Å². The van der Waals surface area contributed by atoms with Crippen molar-refractivity contribution in [1.29, 1.82) is 0 Å². The molecule has 1 aromatic rings. The van der Waals surface area contributed by atoms with Gasteiger partial charge in [0.2, 0.25) is 0 Å². The molecule has 1 fully saturated rings. The third kappa shape index (κ3) is 2.47.